The van der Waals surface area contributed by atoms with Crippen LogP contribution in [0.2, 0.25) is 0 Å². The Hall–Kier alpha value is -0.970. The first-order valence-corrected chi connectivity index (χ1v) is 8.08. The van der Waals surface area contributed by atoms with E-state index in [4.69, 9.17) is 0 Å². The molecule has 21 heavy (non-hydrogen) atoms. The molecule has 0 bridgehead atoms. The van der Waals surface area contributed by atoms with E-state index in [0.717, 1.165) is 50.4 Å². The normalized spacial score (nSPS) is 20.9. The zero-order valence-corrected chi connectivity index (χ0v) is 13.5. The van der Waals surface area contributed by atoms with Crippen LogP contribution in [-0.2, 0) is 13.1 Å². The van der Waals surface area contributed by atoms with E-state index in [-0.39, 0.29) is 5.82 Å². The molecule has 1 aliphatic rings. The molecule has 1 unspecified atom stereocenters. The van der Waals surface area contributed by atoms with Gasteiger partial charge in [-0.05, 0) is 31.6 Å². The maximum absolute atomic E-state index is 14.0. The van der Waals surface area contributed by atoms with Crippen molar-refractivity contribution < 1.29 is 4.39 Å². The highest BCUT2D eigenvalue weighted by atomic mass is 19.1. The highest BCUT2D eigenvalue weighted by Crippen LogP contribution is 2.16. The van der Waals surface area contributed by atoms with Crippen molar-refractivity contribution in [2.75, 3.05) is 32.7 Å². The lowest BCUT2D eigenvalue weighted by atomic mass is 10.1. The fourth-order valence-electron chi connectivity index (χ4n) is 3.05. The van der Waals surface area contributed by atoms with E-state index in [9.17, 15) is 4.39 Å². The minimum absolute atomic E-state index is 0.0826. The average molecular weight is 293 g/mol. The van der Waals surface area contributed by atoms with E-state index in [1.54, 1.807) is 6.07 Å². The third-order valence-electron chi connectivity index (χ3n) is 4.34. The molecular weight excluding hydrogens is 265 g/mol. The number of hydrogen-bond acceptors (Lipinski definition) is 3. The first kappa shape index (κ1) is 16.4. The summed E-state index contributed by atoms with van der Waals surface area (Å²) in [6.07, 6.45) is 0. The largest absolute Gasteiger partial charge is 0.313 e. The molecule has 1 aromatic rings. The smallest absolute Gasteiger partial charge is 0.127 e. The minimum atomic E-state index is -0.0826. The van der Waals surface area contributed by atoms with Crippen LogP contribution in [0.25, 0.3) is 0 Å². The van der Waals surface area contributed by atoms with Gasteiger partial charge in [-0.2, -0.15) is 0 Å². The fourth-order valence-corrected chi connectivity index (χ4v) is 3.05. The molecule has 1 fully saturated rings. The van der Waals surface area contributed by atoms with Crippen LogP contribution >= 0.6 is 0 Å². The maximum Gasteiger partial charge on any atom is 0.127 e. The standard InChI is InChI=1S/C17H28FN3/c1-4-19-11-15-6-7-17(18)16(10-15)13-20-8-9-21(5-2)14(3)12-20/h6-7,10,14,19H,4-5,8-9,11-13H2,1-3H3. The first-order valence-electron chi connectivity index (χ1n) is 8.08. The quantitative estimate of drug-likeness (QED) is 0.869. The number of nitrogens with one attached hydrogen (secondary N) is 1. The minimum Gasteiger partial charge on any atom is -0.313 e. The van der Waals surface area contributed by atoms with Gasteiger partial charge in [0.1, 0.15) is 5.82 Å². The predicted molar refractivity (Wildman–Crippen MR) is 85.8 cm³/mol. The monoisotopic (exact) mass is 293 g/mol. The predicted octanol–water partition coefficient (Wildman–Crippen LogP) is 2.46. The molecule has 1 saturated heterocycles. The van der Waals surface area contributed by atoms with Crippen LogP contribution in [0.15, 0.2) is 18.2 Å². The SMILES string of the molecule is CCNCc1ccc(F)c(CN2CCN(CC)C(C)C2)c1. The lowest BCUT2D eigenvalue weighted by Crippen LogP contribution is -2.51. The highest BCUT2D eigenvalue weighted by molar-refractivity contribution is 5.25. The van der Waals surface area contributed by atoms with Crippen LogP contribution in [0.5, 0.6) is 0 Å². The molecule has 0 aromatic heterocycles. The van der Waals surface area contributed by atoms with E-state index in [1.165, 1.54) is 0 Å². The van der Waals surface area contributed by atoms with Crippen LogP contribution in [0.3, 0.4) is 0 Å². The molecular formula is C17H28FN3. The summed E-state index contributed by atoms with van der Waals surface area (Å²) in [5, 5.41) is 3.29. The Labute approximate surface area is 128 Å². The van der Waals surface area contributed by atoms with Gasteiger partial charge in [-0.25, -0.2) is 4.39 Å². The van der Waals surface area contributed by atoms with Gasteiger partial charge in [0.05, 0.1) is 0 Å². The number of rotatable bonds is 6. The van der Waals surface area contributed by atoms with Crippen molar-refractivity contribution in [1.29, 1.82) is 0 Å². The summed E-state index contributed by atoms with van der Waals surface area (Å²) in [7, 11) is 0. The number of benzene rings is 1. The van der Waals surface area contributed by atoms with Gasteiger partial charge in [-0.1, -0.05) is 26.0 Å². The third kappa shape index (κ3) is 4.50. The third-order valence-corrected chi connectivity index (χ3v) is 4.34. The summed E-state index contributed by atoms with van der Waals surface area (Å²) in [5.41, 5.74) is 1.98. The Morgan fingerprint density at radius 2 is 2.10 bits per heavy atom. The van der Waals surface area contributed by atoms with Crippen molar-refractivity contribution in [3.63, 3.8) is 0 Å². The highest BCUT2D eigenvalue weighted by Gasteiger charge is 2.22. The van der Waals surface area contributed by atoms with Gasteiger partial charge >= 0.3 is 0 Å². The van der Waals surface area contributed by atoms with E-state index in [0.29, 0.717) is 12.6 Å². The number of piperazine rings is 1. The van der Waals surface area contributed by atoms with Gasteiger partial charge in [0, 0.05) is 44.3 Å². The maximum atomic E-state index is 14.0. The molecule has 1 heterocycles. The van der Waals surface area contributed by atoms with Crippen molar-refractivity contribution in [3.8, 4) is 0 Å². The summed E-state index contributed by atoms with van der Waals surface area (Å²) >= 11 is 0. The summed E-state index contributed by atoms with van der Waals surface area (Å²) in [5.74, 6) is -0.0826. The summed E-state index contributed by atoms with van der Waals surface area (Å²) in [4.78, 5) is 4.85. The van der Waals surface area contributed by atoms with E-state index >= 15 is 0 Å². The van der Waals surface area contributed by atoms with E-state index in [2.05, 4.69) is 35.9 Å². The topological polar surface area (TPSA) is 18.5 Å². The number of nitrogens with zero attached hydrogens (tertiary/aromatic N) is 2. The van der Waals surface area contributed by atoms with Crippen LogP contribution in [0.1, 0.15) is 31.9 Å². The van der Waals surface area contributed by atoms with Gasteiger partial charge in [0.15, 0.2) is 0 Å². The molecule has 4 heteroatoms. The van der Waals surface area contributed by atoms with Crippen molar-refractivity contribution in [3.05, 3.63) is 35.1 Å². The molecule has 118 valence electrons. The molecule has 0 spiro atoms. The average Bonchev–Trinajstić information content (AvgIpc) is 2.48. The van der Waals surface area contributed by atoms with Crippen LogP contribution in [-0.4, -0.2) is 48.6 Å². The fraction of sp³-hybridized carbons (Fsp3) is 0.647. The van der Waals surface area contributed by atoms with Gasteiger partial charge in [-0.3, -0.25) is 9.80 Å². The number of hydrogen-bond donors (Lipinski definition) is 1. The van der Waals surface area contributed by atoms with Crippen LogP contribution in [0, 0.1) is 5.82 Å². The zero-order valence-electron chi connectivity index (χ0n) is 13.5. The second kappa shape index (κ2) is 7.87. The number of halogens is 1. The summed E-state index contributed by atoms with van der Waals surface area (Å²) < 4.78 is 14.0. The van der Waals surface area contributed by atoms with Crippen molar-refractivity contribution in [2.45, 2.75) is 39.9 Å². The van der Waals surface area contributed by atoms with Crippen LogP contribution < -0.4 is 5.32 Å². The van der Waals surface area contributed by atoms with E-state index in [1.807, 2.05) is 12.1 Å². The lowest BCUT2D eigenvalue weighted by molar-refractivity contribution is 0.0827. The summed E-state index contributed by atoms with van der Waals surface area (Å²) in [6.45, 7) is 13.2. The molecule has 2 rings (SSSR count). The lowest BCUT2D eigenvalue weighted by Gasteiger charge is -2.39. The van der Waals surface area contributed by atoms with Gasteiger partial charge in [-0.15, -0.1) is 0 Å². The molecule has 0 saturated carbocycles. The molecule has 0 radical (unpaired) electrons. The zero-order chi connectivity index (χ0) is 15.2. The molecule has 0 amide bonds. The molecule has 1 aliphatic heterocycles. The van der Waals surface area contributed by atoms with Crippen LogP contribution in [0.4, 0.5) is 4.39 Å². The first-order chi connectivity index (χ1) is 10.1. The van der Waals surface area contributed by atoms with E-state index < -0.39 is 0 Å². The Balaban J connectivity index is 1.99. The Bertz CT molecular complexity index is 450. The van der Waals surface area contributed by atoms with Gasteiger partial charge < -0.3 is 5.32 Å². The van der Waals surface area contributed by atoms with Gasteiger partial charge in [0.25, 0.3) is 0 Å². The number of likely N-dealkylation sites (N-methyl/N-ethyl adjacent to an activating group) is 1. The van der Waals surface area contributed by atoms with Crippen molar-refractivity contribution >= 4 is 0 Å². The molecule has 3 nitrogen and oxygen atoms in total. The van der Waals surface area contributed by atoms with Crippen molar-refractivity contribution in [1.82, 2.24) is 15.1 Å². The molecule has 1 N–H and O–H groups in total. The Morgan fingerprint density at radius 3 is 2.76 bits per heavy atom. The Morgan fingerprint density at radius 1 is 1.29 bits per heavy atom. The second-order valence-electron chi connectivity index (χ2n) is 5.92. The molecule has 1 atom stereocenters. The molecule has 1 aromatic carbocycles. The van der Waals surface area contributed by atoms with Gasteiger partial charge in [0.2, 0.25) is 0 Å². The second-order valence-corrected chi connectivity index (χ2v) is 5.92. The summed E-state index contributed by atoms with van der Waals surface area (Å²) in [6, 6.07) is 6.04. The Kier molecular flexibility index (Phi) is 6.15. The van der Waals surface area contributed by atoms with Crippen molar-refractivity contribution in [2.24, 2.45) is 0 Å². The molecule has 0 aliphatic carbocycles.